The van der Waals surface area contributed by atoms with Crippen molar-refractivity contribution in [2.75, 3.05) is 7.11 Å². The van der Waals surface area contributed by atoms with Crippen molar-refractivity contribution < 1.29 is 23.8 Å². The molecule has 0 unspecified atom stereocenters. The number of nitrogens with zero attached hydrogens (tertiary/aromatic N) is 2. The Balaban J connectivity index is 1.42. The Labute approximate surface area is 234 Å². The molecule has 1 amide bonds. The molecule has 0 saturated heterocycles. The van der Waals surface area contributed by atoms with Gasteiger partial charge in [0.1, 0.15) is 24.0 Å². The summed E-state index contributed by atoms with van der Waals surface area (Å²) in [6.45, 7) is 5.44. The fourth-order valence-corrected chi connectivity index (χ4v) is 3.91. The second-order valence-electron chi connectivity index (χ2n) is 10.2. The summed E-state index contributed by atoms with van der Waals surface area (Å²) >= 11 is 0. The van der Waals surface area contributed by atoms with E-state index < -0.39 is 23.7 Å². The van der Waals surface area contributed by atoms with E-state index >= 15 is 0 Å². The molecule has 8 heteroatoms. The maximum atomic E-state index is 12.9. The molecule has 40 heavy (non-hydrogen) atoms. The average molecular weight is 540 g/mol. The molecule has 206 valence electrons. The maximum absolute atomic E-state index is 12.9. The minimum atomic E-state index is -0.923. The Morgan fingerprint density at radius 2 is 1.43 bits per heavy atom. The molecule has 0 aliphatic heterocycles. The molecule has 0 fully saturated rings. The number of rotatable bonds is 9. The number of nitrogens with one attached hydrogen (secondary N) is 1. The van der Waals surface area contributed by atoms with Crippen LogP contribution in [0.15, 0.2) is 91.3 Å². The van der Waals surface area contributed by atoms with Gasteiger partial charge < -0.3 is 19.5 Å². The number of benzene rings is 3. The Morgan fingerprint density at radius 1 is 0.800 bits per heavy atom. The molecular weight excluding hydrogens is 506 g/mol. The number of hydrogen-bond donors (Lipinski definition) is 1. The number of carbonyl (C=O) groups is 2. The Bertz CT molecular complexity index is 1400. The number of amides is 1. The molecule has 0 saturated carbocycles. The fraction of sp³-hybridized carbons (Fsp3) is 0.250. The standard InChI is InChI=1S/C32H33N3O5/c1-32(2,3)40-30(36)28(35-31(37)39-21-23-8-6-5-7-9-23)18-22-10-12-25(13-11-22)29-33-19-26(20-34-29)24-14-16-27(38-4)17-15-24/h5-17,19-20,28H,18,21H2,1-4H3,(H,35,37)/t28-/m0/s1. The summed E-state index contributed by atoms with van der Waals surface area (Å²) in [5.41, 5.74) is 3.69. The molecule has 1 atom stereocenters. The third-order valence-electron chi connectivity index (χ3n) is 5.92. The Hall–Kier alpha value is -4.72. The second kappa shape index (κ2) is 12.9. The van der Waals surface area contributed by atoms with Crippen molar-refractivity contribution in [2.45, 2.75) is 45.4 Å². The molecule has 1 heterocycles. The summed E-state index contributed by atoms with van der Waals surface area (Å²) in [5.74, 6) is 0.829. The van der Waals surface area contributed by atoms with E-state index in [1.807, 2.05) is 78.9 Å². The largest absolute Gasteiger partial charge is 0.497 e. The Kier molecular flexibility index (Phi) is 9.11. The summed E-state index contributed by atoms with van der Waals surface area (Å²) in [6, 6.07) is 23.6. The van der Waals surface area contributed by atoms with Crippen molar-refractivity contribution in [3.05, 3.63) is 102 Å². The molecule has 8 nitrogen and oxygen atoms in total. The molecule has 4 rings (SSSR count). The van der Waals surface area contributed by atoms with E-state index in [1.165, 1.54) is 0 Å². The van der Waals surface area contributed by atoms with Crippen LogP contribution in [0.2, 0.25) is 0 Å². The van der Waals surface area contributed by atoms with Crippen molar-refractivity contribution in [1.29, 1.82) is 0 Å². The van der Waals surface area contributed by atoms with Crippen LogP contribution in [0.1, 0.15) is 31.9 Å². The van der Waals surface area contributed by atoms with Gasteiger partial charge in [-0.2, -0.15) is 0 Å². The van der Waals surface area contributed by atoms with Crippen molar-refractivity contribution >= 4 is 12.1 Å². The minimum absolute atomic E-state index is 0.0969. The van der Waals surface area contributed by atoms with Gasteiger partial charge >= 0.3 is 12.1 Å². The van der Waals surface area contributed by atoms with Crippen LogP contribution in [0.4, 0.5) is 4.79 Å². The van der Waals surface area contributed by atoms with Crippen LogP contribution in [0, 0.1) is 0 Å². The molecule has 0 spiro atoms. The van der Waals surface area contributed by atoms with Gasteiger partial charge in [0.05, 0.1) is 7.11 Å². The van der Waals surface area contributed by atoms with Crippen molar-refractivity contribution in [1.82, 2.24) is 15.3 Å². The van der Waals surface area contributed by atoms with Gasteiger partial charge in [-0.1, -0.05) is 66.7 Å². The number of hydrogen-bond acceptors (Lipinski definition) is 7. The van der Waals surface area contributed by atoms with Gasteiger partial charge in [-0.3, -0.25) is 0 Å². The normalized spacial score (nSPS) is 11.8. The number of methoxy groups -OCH3 is 1. The lowest BCUT2D eigenvalue weighted by Gasteiger charge is -2.24. The van der Waals surface area contributed by atoms with Crippen LogP contribution in [-0.4, -0.2) is 40.8 Å². The number of aromatic nitrogens is 2. The summed E-state index contributed by atoms with van der Waals surface area (Å²) < 4.78 is 16.1. The first-order valence-electron chi connectivity index (χ1n) is 13.0. The van der Waals surface area contributed by atoms with E-state index in [-0.39, 0.29) is 13.0 Å². The highest BCUT2D eigenvalue weighted by atomic mass is 16.6. The molecular formula is C32H33N3O5. The van der Waals surface area contributed by atoms with Crippen LogP contribution in [0.25, 0.3) is 22.5 Å². The van der Waals surface area contributed by atoms with Crippen LogP contribution in [0.3, 0.4) is 0 Å². The van der Waals surface area contributed by atoms with Gasteiger partial charge in [0.25, 0.3) is 0 Å². The summed E-state index contributed by atoms with van der Waals surface area (Å²) in [6.07, 6.45) is 3.09. The summed E-state index contributed by atoms with van der Waals surface area (Å²) in [5, 5.41) is 2.67. The lowest BCUT2D eigenvalue weighted by Crippen LogP contribution is -2.45. The number of alkyl carbamates (subject to hydrolysis) is 1. The zero-order chi connectivity index (χ0) is 28.5. The first-order chi connectivity index (χ1) is 19.2. The third-order valence-corrected chi connectivity index (χ3v) is 5.92. The zero-order valence-corrected chi connectivity index (χ0v) is 23.1. The van der Waals surface area contributed by atoms with E-state index in [1.54, 1.807) is 40.3 Å². The predicted octanol–water partition coefficient (Wildman–Crippen LogP) is 6.00. The molecule has 0 aliphatic carbocycles. The smallest absolute Gasteiger partial charge is 0.408 e. The van der Waals surface area contributed by atoms with Crippen molar-refractivity contribution in [2.24, 2.45) is 0 Å². The molecule has 1 aromatic heterocycles. The molecule has 0 radical (unpaired) electrons. The molecule has 0 aliphatic rings. The molecule has 1 N–H and O–H groups in total. The van der Waals surface area contributed by atoms with Gasteiger partial charge in [0, 0.05) is 29.9 Å². The van der Waals surface area contributed by atoms with Gasteiger partial charge in [-0.25, -0.2) is 19.6 Å². The average Bonchev–Trinajstić information content (AvgIpc) is 2.96. The van der Waals surface area contributed by atoms with E-state index in [2.05, 4.69) is 15.3 Å². The second-order valence-corrected chi connectivity index (χ2v) is 10.2. The highest BCUT2D eigenvalue weighted by Crippen LogP contribution is 2.23. The summed E-state index contributed by atoms with van der Waals surface area (Å²) in [7, 11) is 1.63. The van der Waals surface area contributed by atoms with Gasteiger partial charge in [0.2, 0.25) is 0 Å². The first kappa shape index (κ1) is 28.3. The molecule has 4 aromatic rings. The monoisotopic (exact) mass is 539 g/mol. The van der Waals surface area contributed by atoms with E-state index in [0.717, 1.165) is 33.6 Å². The van der Waals surface area contributed by atoms with Crippen molar-refractivity contribution in [3.63, 3.8) is 0 Å². The van der Waals surface area contributed by atoms with Crippen molar-refractivity contribution in [3.8, 4) is 28.3 Å². The van der Waals surface area contributed by atoms with E-state index in [4.69, 9.17) is 14.2 Å². The fourth-order valence-electron chi connectivity index (χ4n) is 3.91. The van der Waals surface area contributed by atoms with Gasteiger partial charge in [0.15, 0.2) is 5.82 Å². The molecule has 3 aromatic carbocycles. The molecule has 0 bridgehead atoms. The third kappa shape index (κ3) is 8.14. The highest BCUT2D eigenvalue weighted by Gasteiger charge is 2.27. The van der Waals surface area contributed by atoms with Crippen LogP contribution < -0.4 is 10.1 Å². The lowest BCUT2D eigenvalue weighted by atomic mass is 10.0. The topological polar surface area (TPSA) is 99.6 Å². The van der Waals surface area contributed by atoms with E-state index in [0.29, 0.717) is 5.82 Å². The highest BCUT2D eigenvalue weighted by molar-refractivity contribution is 5.82. The first-order valence-corrected chi connectivity index (χ1v) is 13.0. The number of carbonyl (C=O) groups excluding carboxylic acids is 2. The van der Waals surface area contributed by atoms with Gasteiger partial charge in [-0.05, 0) is 49.6 Å². The van der Waals surface area contributed by atoms with E-state index in [9.17, 15) is 9.59 Å². The zero-order valence-electron chi connectivity index (χ0n) is 23.1. The van der Waals surface area contributed by atoms with Gasteiger partial charge in [-0.15, -0.1) is 0 Å². The predicted molar refractivity (Wildman–Crippen MR) is 153 cm³/mol. The quantitative estimate of drug-likeness (QED) is 0.261. The lowest BCUT2D eigenvalue weighted by molar-refractivity contribution is -0.157. The Morgan fingerprint density at radius 3 is 2.02 bits per heavy atom. The summed E-state index contributed by atoms with van der Waals surface area (Å²) in [4.78, 5) is 34.5. The number of ether oxygens (including phenoxy) is 3. The maximum Gasteiger partial charge on any atom is 0.408 e. The number of esters is 1. The SMILES string of the molecule is COc1ccc(-c2cnc(-c3ccc(C[C@H](NC(=O)OCc4ccccc4)C(=O)OC(C)(C)C)cc3)nc2)cc1. The van der Waals surface area contributed by atoms with Crippen LogP contribution in [-0.2, 0) is 27.3 Å². The van der Waals surface area contributed by atoms with Crippen LogP contribution in [0.5, 0.6) is 5.75 Å². The minimum Gasteiger partial charge on any atom is -0.497 e. The van der Waals surface area contributed by atoms with Crippen LogP contribution >= 0.6 is 0 Å².